The molecular weight excluding hydrogens is 359 g/mol. The van der Waals surface area contributed by atoms with E-state index in [9.17, 15) is 14.0 Å². The van der Waals surface area contributed by atoms with Crippen molar-refractivity contribution in [3.63, 3.8) is 0 Å². The number of hydrogen-bond acceptors (Lipinski definition) is 3. The predicted molar refractivity (Wildman–Crippen MR) is 105 cm³/mol. The minimum atomic E-state index is -0.494. The Morgan fingerprint density at radius 2 is 1.86 bits per heavy atom. The molecule has 1 aliphatic heterocycles. The van der Waals surface area contributed by atoms with E-state index in [1.54, 1.807) is 18.2 Å². The first-order valence-electron chi connectivity index (χ1n) is 9.46. The molecule has 0 aliphatic carbocycles. The Balaban J connectivity index is 1.61. The molecule has 0 radical (unpaired) electrons. The van der Waals surface area contributed by atoms with Gasteiger partial charge in [-0.15, -0.1) is 0 Å². The van der Waals surface area contributed by atoms with E-state index in [1.165, 1.54) is 11.0 Å². The lowest BCUT2D eigenvalue weighted by Crippen LogP contribution is -2.33. The van der Waals surface area contributed by atoms with Crippen molar-refractivity contribution in [2.75, 3.05) is 11.4 Å². The average Bonchev–Trinajstić information content (AvgIpc) is 3.07. The lowest BCUT2D eigenvalue weighted by Gasteiger charge is -2.17. The van der Waals surface area contributed by atoms with E-state index in [2.05, 4.69) is 5.32 Å². The lowest BCUT2D eigenvalue weighted by molar-refractivity contribution is -0.126. The van der Waals surface area contributed by atoms with Gasteiger partial charge in [0.05, 0.1) is 24.3 Å². The Kier molecular flexibility index (Phi) is 6.41. The molecular formula is C22H25FN2O3. The summed E-state index contributed by atoms with van der Waals surface area (Å²) in [5.74, 6) is -1.40. The maximum atomic E-state index is 14.0. The molecule has 2 aromatic carbocycles. The van der Waals surface area contributed by atoms with Crippen LogP contribution in [0.1, 0.15) is 31.4 Å². The van der Waals surface area contributed by atoms with E-state index >= 15 is 0 Å². The summed E-state index contributed by atoms with van der Waals surface area (Å²) in [6, 6.07) is 13.9. The SMILES string of the molecule is CC(C)OCc1ccccc1CNC(=O)[C@@H]1CC(=O)N(c2ccccc2F)C1. The molecule has 0 bridgehead atoms. The Labute approximate surface area is 164 Å². The fraction of sp³-hybridized carbons (Fsp3) is 0.364. The van der Waals surface area contributed by atoms with Crippen molar-refractivity contribution in [3.8, 4) is 0 Å². The summed E-state index contributed by atoms with van der Waals surface area (Å²) in [4.78, 5) is 26.2. The van der Waals surface area contributed by atoms with Gasteiger partial charge < -0.3 is 15.0 Å². The standard InChI is InChI=1S/C22H25FN2O3/c1-15(2)28-14-17-8-4-3-7-16(17)12-24-22(27)18-11-21(26)25(13-18)20-10-6-5-9-19(20)23/h3-10,15,18H,11-14H2,1-2H3,(H,24,27)/t18-/m1/s1. The van der Waals surface area contributed by atoms with Gasteiger partial charge >= 0.3 is 0 Å². The maximum Gasteiger partial charge on any atom is 0.227 e. The monoisotopic (exact) mass is 384 g/mol. The highest BCUT2D eigenvalue weighted by molar-refractivity contribution is 6.00. The summed E-state index contributed by atoms with van der Waals surface area (Å²) in [5.41, 5.74) is 2.22. The number of benzene rings is 2. The molecule has 0 saturated carbocycles. The summed E-state index contributed by atoms with van der Waals surface area (Å²) in [6.07, 6.45) is 0.203. The van der Waals surface area contributed by atoms with Gasteiger partial charge in [0.15, 0.2) is 0 Å². The summed E-state index contributed by atoms with van der Waals surface area (Å²) < 4.78 is 19.6. The molecule has 1 heterocycles. The van der Waals surface area contributed by atoms with E-state index < -0.39 is 11.7 Å². The van der Waals surface area contributed by atoms with Crippen molar-refractivity contribution >= 4 is 17.5 Å². The van der Waals surface area contributed by atoms with Crippen LogP contribution < -0.4 is 10.2 Å². The van der Waals surface area contributed by atoms with Crippen LogP contribution in [0, 0.1) is 11.7 Å². The zero-order chi connectivity index (χ0) is 20.1. The van der Waals surface area contributed by atoms with Gasteiger partial charge in [-0.2, -0.15) is 0 Å². The summed E-state index contributed by atoms with van der Waals surface area (Å²) >= 11 is 0. The normalized spacial score (nSPS) is 16.6. The van der Waals surface area contributed by atoms with Crippen molar-refractivity contribution in [2.45, 2.75) is 39.5 Å². The molecule has 1 fully saturated rings. The highest BCUT2D eigenvalue weighted by Gasteiger charge is 2.36. The Bertz CT molecular complexity index is 853. The number of hydrogen-bond donors (Lipinski definition) is 1. The second-order valence-corrected chi connectivity index (χ2v) is 7.20. The molecule has 6 heteroatoms. The van der Waals surface area contributed by atoms with Gasteiger partial charge in [-0.3, -0.25) is 9.59 Å². The van der Waals surface area contributed by atoms with E-state index in [0.29, 0.717) is 13.2 Å². The van der Waals surface area contributed by atoms with Crippen molar-refractivity contribution in [1.82, 2.24) is 5.32 Å². The topological polar surface area (TPSA) is 58.6 Å². The van der Waals surface area contributed by atoms with Gasteiger partial charge in [0.2, 0.25) is 11.8 Å². The van der Waals surface area contributed by atoms with Crippen LogP contribution in [0.25, 0.3) is 0 Å². The third-order valence-electron chi connectivity index (χ3n) is 4.78. The smallest absolute Gasteiger partial charge is 0.227 e. The molecule has 2 amide bonds. The number of amides is 2. The number of carbonyl (C=O) groups excluding carboxylic acids is 2. The molecule has 5 nitrogen and oxygen atoms in total. The molecule has 1 saturated heterocycles. The number of ether oxygens (including phenoxy) is 1. The molecule has 0 unspecified atom stereocenters. The first kappa shape index (κ1) is 20.0. The number of para-hydroxylation sites is 1. The number of nitrogens with zero attached hydrogens (tertiary/aromatic N) is 1. The summed E-state index contributed by atoms with van der Waals surface area (Å²) in [7, 11) is 0. The zero-order valence-electron chi connectivity index (χ0n) is 16.2. The highest BCUT2D eigenvalue weighted by Crippen LogP contribution is 2.27. The second-order valence-electron chi connectivity index (χ2n) is 7.20. The van der Waals surface area contributed by atoms with Crippen LogP contribution in [0.4, 0.5) is 10.1 Å². The van der Waals surface area contributed by atoms with Crippen molar-refractivity contribution in [1.29, 1.82) is 0 Å². The van der Waals surface area contributed by atoms with E-state index in [1.807, 2.05) is 38.1 Å². The van der Waals surface area contributed by atoms with Crippen LogP contribution in [0.2, 0.25) is 0 Å². The summed E-state index contributed by atoms with van der Waals surface area (Å²) in [5, 5.41) is 2.91. The Morgan fingerprint density at radius 1 is 1.18 bits per heavy atom. The number of nitrogens with one attached hydrogen (secondary N) is 1. The second kappa shape index (κ2) is 8.97. The Hall–Kier alpha value is -2.73. The molecule has 28 heavy (non-hydrogen) atoms. The molecule has 1 N–H and O–H groups in total. The van der Waals surface area contributed by atoms with Gasteiger partial charge in [0.1, 0.15) is 5.82 Å². The van der Waals surface area contributed by atoms with Crippen LogP contribution in [-0.2, 0) is 27.5 Å². The fourth-order valence-corrected chi connectivity index (χ4v) is 3.24. The van der Waals surface area contributed by atoms with Gasteiger partial charge in [0, 0.05) is 19.5 Å². The van der Waals surface area contributed by atoms with E-state index in [0.717, 1.165) is 11.1 Å². The minimum absolute atomic E-state index is 0.0816. The predicted octanol–water partition coefficient (Wildman–Crippen LogP) is 3.42. The molecule has 1 atom stereocenters. The van der Waals surface area contributed by atoms with Gasteiger partial charge in [-0.25, -0.2) is 4.39 Å². The van der Waals surface area contributed by atoms with Crippen molar-refractivity contribution in [3.05, 3.63) is 65.5 Å². The minimum Gasteiger partial charge on any atom is -0.374 e. The lowest BCUT2D eigenvalue weighted by atomic mass is 10.1. The fourth-order valence-electron chi connectivity index (χ4n) is 3.24. The number of halogens is 1. The number of anilines is 1. The van der Waals surface area contributed by atoms with Crippen LogP contribution >= 0.6 is 0 Å². The van der Waals surface area contributed by atoms with Gasteiger partial charge in [-0.05, 0) is 37.1 Å². The first-order valence-corrected chi connectivity index (χ1v) is 9.46. The zero-order valence-corrected chi connectivity index (χ0v) is 16.2. The van der Waals surface area contributed by atoms with Crippen LogP contribution in [0.3, 0.4) is 0 Å². The molecule has 0 spiro atoms. The van der Waals surface area contributed by atoms with Crippen molar-refractivity contribution < 1.29 is 18.7 Å². The number of rotatable bonds is 7. The third kappa shape index (κ3) is 4.75. The van der Waals surface area contributed by atoms with Gasteiger partial charge in [0.25, 0.3) is 0 Å². The summed E-state index contributed by atoms with van der Waals surface area (Å²) in [6.45, 7) is 4.98. The van der Waals surface area contributed by atoms with Gasteiger partial charge in [-0.1, -0.05) is 36.4 Å². The van der Waals surface area contributed by atoms with Crippen molar-refractivity contribution in [2.24, 2.45) is 5.92 Å². The molecule has 0 aromatic heterocycles. The molecule has 2 aromatic rings. The van der Waals surface area contributed by atoms with Crippen LogP contribution in [0.5, 0.6) is 0 Å². The largest absolute Gasteiger partial charge is 0.374 e. The van der Waals surface area contributed by atoms with E-state index in [4.69, 9.17) is 4.74 Å². The molecule has 1 aliphatic rings. The number of carbonyl (C=O) groups is 2. The quantitative estimate of drug-likeness (QED) is 0.796. The molecule has 3 rings (SSSR count). The van der Waals surface area contributed by atoms with Crippen LogP contribution in [0.15, 0.2) is 48.5 Å². The Morgan fingerprint density at radius 3 is 2.57 bits per heavy atom. The van der Waals surface area contributed by atoms with E-state index in [-0.39, 0.29) is 36.6 Å². The first-order chi connectivity index (χ1) is 13.5. The highest BCUT2D eigenvalue weighted by atomic mass is 19.1. The third-order valence-corrected chi connectivity index (χ3v) is 4.78. The molecule has 148 valence electrons. The van der Waals surface area contributed by atoms with Crippen LogP contribution in [-0.4, -0.2) is 24.5 Å². The average molecular weight is 384 g/mol. The maximum absolute atomic E-state index is 14.0.